The lowest BCUT2D eigenvalue weighted by Gasteiger charge is -2.31. The molecule has 1 atom stereocenters. The molecule has 1 saturated heterocycles. The van der Waals surface area contributed by atoms with Gasteiger partial charge in [-0.2, -0.15) is 4.31 Å². The summed E-state index contributed by atoms with van der Waals surface area (Å²) in [5.41, 5.74) is 5.91. The fraction of sp³-hybridized carbons (Fsp3) is 0.417. The predicted molar refractivity (Wildman–Crippen MR) is 77.9 cm³/mol. The molecule has 0 amide bonds. The standard InChI is InChI=1S/C12H16N2O4S2/c13-12(19)10-3-1-2-4-11(10)20(16,17)14-5-6-18-9(7-14)8-15/h1-4,9,15H,5-8H2,(H2,13,19). The highest BCUT2D eigenvalue weighted by molar-refractivity contribution is 7.89. The van der Waals surface area contributed by atoms with Gasteiger partial charge in [-0.15, -0.1) is 0 Å². The number of ether oxygens (including phenoxy) is 1. The van der Waals surface area contributed by atoms with Crippen LogP contribution < -0.4 is 5.73 Å². The lowest BCUT2D eigenvalue weighted by Crippen LogP contribution is -2.47. The molecule has 0 aromatic heterocycles. The van der Waals surface area contributed by atoms with E-state index in [-0.39, 0.29) is 36.2 Å². The largest absolute Gasteiger partial charge is 0.394 e. The average Bonchev–Trinajstić information content (AvgIpc) is 2.47. The Morgan fingerprint density at radius 2 is 2.20 bits per heavy atom. The summed E-state index contributed by atoms with van der Waals surface area (Å²) >= 11 is 4.90. The second-order valence-electron chi connectivity index (χ2n) is 4.40. The first-order chi connectivity index (χ1) is 9.46. The Balaban J connectivity index is 2.38. The molecule has 1 unspecified atom stereocenters. The second kappa shape index (κ2) is 6.15. The van der Waals surface area contributed by atoms with Crippen molar-refractivity contribution in [3.63, 3.8) is 0 Å². The van der Waals surface area contributed by atoms with Crippen LogP contribution in [0.15, 0.2) is 29.2 Å². The van der Waals surface area contributed by atoms with Gasteiger partial charge in [0.25, 0.3) is 0 Å². The van der Waals surface area contributed by atoms with Gasteiger partial charge in [-0.1, -0.05) is 30.4 Å². The third-order valence-electron chi connectivity index (χ3n) is 3.08. The monoisotopic (exact) mass is 316 g/mol. The molecule has 0 radical (unpaired) electrons. The number of hydrogen-bond acceptors (Lipinski definition) is 5. The number of morpholine rings is 1. The van der Waals surface area contributed by atoms with Crippen LogP contribution in [-0.2, 0) is 14.8 Å². The summed E-state index contributed by atoms with van der Waals surface area (Å²) in [5.74, 6) is 0. The zero-order chi connectivity index (χ0) is 14.8. The number of rotatable bonds is 4. The molecule has 110 valence electrons. The summed E-state index contributed by atoms with van der Waals surface area (Å²) in [6, 6.07) is 6.37. The zero-order valence-electron chi connectivity index (χ0n) is 10.7. The molecular weight excluding hydrogens is 300 g/mol. The van der Waals surface area contributed by atoms with Gasteiger partial charge in [0.2, 0.25) is 10.0 Å². The lowest BCUT2D eigenvalue weighted by molar-refractivity contribution is -0.0304. The van der Waals surface area contributed by atoms with E-state index in [1.807, 2.05) is 0 Å². The normalized spacial score (nSPS) is 20.8. The van der Waals surface area contributed by atoms with E-state index in [4.69, 9.17) is 27.8 Å². The Labute approximate surface area is 123 Å². The van der Waals surface area contributed by atoms with Crippen molar-refractivity contribution in [2.45, 2.75) is 11.0 Å². The van der Waals surface area contributed by atoms with Crippen molar-refractivity contribution in [2.75, 3.05) is 26.3 Å². The van der Waals surface area contributed by atoms with E-state index < -0.39 is 16.1 Å². The highest BCUT2D eigenvalue weighted by atomic mass is 32.2. The number of thiocarbonyl (C=S) groups is 1. The third kappa shape index (κ3) is 2.99. The van der Waals surface area contributed by atoms with Gasteiger partial charge in [0.15, 0.2) is 0 Å². The lowest BCUT2D eigenvalue weighted by atomic mass is 10.2. The smallest absolute Gasteiger partial charge is 0.243 e. The summed E-state index contributed by atoms with van der Waals surface area (Å²) < 4.78 is 31.8. The van der Waals surface area contributed by atoms with Crippen LogP contribution in [0.2, 0.25) is 0 Å². The minimum atomic E-state index is -3.71. The Morgan fingerprint density at radius 1 is 1.50 bits per heavy atom. The topological polar surface area (TPSA) is 92.9 Å². The second-order valence-corrected chi connectivity index (χ2v) is 6.75. The van der Waals surface area contributed by atoms with E-state index in [0.29, 0.717) is 5.56 Å². The Morgan fingerprint density at radius 3 is 2.85 bits per heavy atom. The van der Waals surface area contributed by atoms with Crippen molar-refractivity contribution < 1.29 is 18.3 Å². The van der Waals surface area contributed by atoms with Gasteiger partial charge < -0.3 is 15.6 Å². The molecule has 1 heterocycles. The van der Waals surface area contributed by atoms with Crippen LogP contribution in [0, 0.1) is 0 Å². The van der Waals surface area contributed by atoms with Crippen molar-refractivity contribution in [1.29, 1.82) is 0 Å². The van der Waals surface area contributed by atoms with Gasteiger partial charge in [-0.3, -0.25) is 0 Å². The molecule has 1 aliphatic heterocycles. The fourth-order valence-electron chi connectivity index (χ4n) is 2.06. The van der Waals surface area contributed by atoms with E-state index in [2.05, 4.69) is 0 Å². The summed E-state index contributed by atoms with van der Waals surface area (Å²) in [5, 5.41) is 9.10. The molecule has 20 heavy (non-hydrogen) atoms. The van der Waals surface area contributed by atoms with Crippen LogP contribution in [0.3, 0.4) is 0 Å². The summed E-state index contributed by atoms with van der Waals surface area (Å²) in [4.78, 5) is 0.127. The summed E-state index contributed by atoms with van der Waals surface area (Å²) in [7, 11) is -3.71. The van der Waals surface area contributed by atoms with Gasteiger partial charge in [0.1, 0.15) is 4.99 Å². The highest BCUT2D eigenvalue weighted by Crippen LogP contribution is 2.22. The first-order valence-corrected chi connectivity index (χ1v) is 7.93. The van der Waals surface area contributed by atoms with Crippen molar-refractivity contribution >= 4 is 27.2 Å². The number of sulfonamides is 1. The molecular formula is C12H16N2O4S2. The Bertz CT molecular complexity index is 603. The van der Waals surface area contributed by atoms with E-state index in [1.54, 1.807) is 18.2 Å². The number of nitrogens with zero attached hydrogens (tertiary/aromatic N) is 1. The first-order valence-electron chi connectivity index (χ1n) is 6.08. The SMILES string of the molecule is NC(=S)c1ccccc1S(=O)(=O)N1CCOC(CO)C1. The van der Waals surface area contributed by atoms with E-state index in [9.17, 15) is 8.42 Å². The van der Waals surface area contributed by atoms with Crippen LogP contribution in [-0.4, -0.2) is 55.2 Å². The zero-order valence-corrected chi connectivity index (χ0v) is 12.4. The molecule has 1 aromatic rings. The first kappa shape index (κ1) is 15.3. The van der Waals surface area contributed by atoms with Crippen molar-refractivity contribution in [2.24, 2.45) is 5.73 Å². The van der Waals surface area contributed by atoms with Gasteiger partial charge in [-0.05, 0) is 6.07 Å². The quantitative estimate of drug-likeness (QED) is 0.741. The summed E-state index contributed by atoms with van der Waals surface area (Å²) in [6.07, 6.45) is -0.504. The molecule has 8 heteroatoms. The number of benzene rings is 1. The van der Waals surface area contributed by atoms with Crippen LogP contribution in [0.5, 0.6) is 0 Å². The number of aliphatic hydroxyl groups is 1. The predicted octanol–water partition coefficient (Wildman–Crippen LogP) is -0.297. The van der Waals surface area contributed by atoms with E-state index in [1.165, 1.54) is 10.4 Å². The Hall–Kier alpha value is -1.06. The van der Waals surface area contributed by atoms with Gasteiger partial charge in [0, 0.05) is 18.7 Å². The molecule has 1 fully saturated rings. The molecule has 6 nitrogen and oxygen atoms in total. The van der Waals surface area contributed by atoms with Crippen molar-refractivity contribution in [1.82, 2.24) is 4.31 Å². The molecule has 2 rings (SSSR count). The van der Waals surface area contributed by atoms with Crippen LogP contribution in [0.25, 0.3) is 0 Å². The molecule has 0 spiro atoms. The highest BCUT2D eigenvalue weighted by Gasteiger charge is 2.32. The molecule has 0 aliphatic carbocycles. The van der Waals surface area contributed by atoms with Crippen molar-refractivity contribution in [3.8, 4) is 0 Å². The van der Waals surface area contributed by atoms with E-state index in [0.717, 1.165) is 0 Å². The maximum Gasteiger partial charge on any atom is 0.243 e. The van der Waals surface area contributed by atoms with Crippen LogP contribution >= 0.6 is 12.2 Å². The molecule has 1 aromatic carbocycles. The van der Waals surface area contributed by atoms with Gasteiger partial charge in [0.05, 0.1) is 24.2 Å². The average molecular weight is 316 g/mol. The Kier molecular flexibility index (Phi) is 4.71. The maximum atomic E-state index is 12.6. The minimum Gasteiger partial charge on any atom is -0.394 e. The molecule has 3 N–H and O–H groups in total. The summed E-state index contributed by atoms with van der Waals surface area (Å²) in [6.45, 7) is 0.387. The van der Waals surface area contributed by atoms with Gasteiger partial charge >= 0.3 is 0 Å². The fourth-order valence-corrected chi connectivity index (χ4v) is 3.96. The number of aliphatic hydroxyl groups excluding tert-OH is 1. The van der Waals surface area contributed by atoms with Gasteiger partial charge in [-0.25, -0.2) is 8.42 Å². The van der Waals surface area contributed by atoms with Crippen LogP contribution in [0.4, 0.5) is 0 Å². The molecule has 0 bridgehead atoms. The molecule has 0 saturated carbocycles. The van der Waals surface area contributed by atoms with Crippen molar-refractivity contribution in [3.05, 3.63) is 29.8 Å². The molecule has 1 aliphatic rings. The van der Waals surface area contributed by atoms with E-state index >= 15 is 0 Å². The minimum absolute atomic E-state index is 0.0381. The third-order valence-corrected chi connectivity index (χ3v) is 5.22. The maximum absolute atomic E-state index is 12.6. The van der Waals surface area contributed by atoms with Crippen LogP contribution in [0.1, 0.15) is 5.56 Å². The number of nitrogens with two attached hydrogens (primary N) is 1. The number of hydrogen-bond donors (Lipinski definition) is 2.